The second-order valence-corrected chi connectivity index (χ2v) is 14.6. The van der Waals surface area contributed by atoms with Crippen molar-refractivity contribution >= 4 is 19.8 Å². The van der Waals surface area contributed by atoms with Gasteiger partial charge in [0, 0.05) is 19.4 Å². The molecule has 9 nitrogen and oxygen atoms in total. The van der Waals surface area contributed by atoms with Gasteiger partial charge >= 0.3 is 19.8 Å². The topological polar surface area (TPSA) is 134 Å². The van der Waals surface area contributed by atoms with E-state index in [1.165, 1.54) is 89.9 Å². The molecule has 0 amide bonds. The lowest BCUT2D eigenvalue weighted by Gasteiger charge is -2.19. The molecule has 0 aromatic carbocycles. The van der Waals surface area contributed by atoms with Gasteiger partial charge in [-0.25, -0.2) is 4.57 Å². The van der Waals surface area contributed by atoms with Gasteiger partial charge in [0.15, 0.2) is 6.10 Å². The van der Waals surface area contributed by atoms with Gasteiger partial charge in [0.2, 0.25) is 0 Å². The smallest absolute Gasteiger partial charge is 0.462 e. The van der Waals surface area contributed by atoms with Gasteiger partial charge < -0.3 is 20.1 Å². The Morgan fingerprint density at radius 3 is 1.59 bits per heavy atom. The third-order valence-corrected chi connectivity index (χ3v) is 9.32. The first-order valence-corrected chi connectivity index (χ1v) is 21.3. The van der Waals surface area contributed by atoms with E-state index in [9.17, 15) is 19.0 Å². The van der Waals surface area contributed by atoms with Gasteiger partial charge in [-0.3, -0.25) is 18.6 Å². The van der Waals surface area contributed by atoms with Gasteiger partial charge in [0.05, 0.1) is 13.2 Å². The molecule has 49 heavy (non-hydrogen) atoms. The number of esters is 2. The normalized spacial score (nSPS) is 13.6. The second kappa shape index (κ2) is 36.3. The molecular formula is C39H74NO8P. The predicted octanol–water partition coefficient (Wildman–Crippen LogP) is 10.8. The van der Waals surface area contributed by atoms with Crippen molar-refractivity contribution in [1.82, 2.24) is 0 Å². The van der Waals surface area contributed by atoms with E-state index in [-0.39, 0.29) is 32.6 Å². The van der Waals surface area contributed by atoms with Gasteiger partial charge in [-0.1, -0.05) is 147 Å². The molecule has 0 heterocycles. The zero-order valence-electron chi connectivity index (χ0n) is 31.4. The van der Waals surface area contributed by atoms with Gasteiger partial charge in [0.25, 0.3) is 0 Å². The summed E-state index contributed by atoms with van der Waals surface area (Å²) < 4.78 is 32.7. The first-order chi connectivity index (χ1) is 23.8. The summed E-state index contributed by atoms with van der Waals surface area (Å²) in [5.41, 5.74) is 5.33. The van der Waals surface area contributed by atoms with Crippen molar-refractivity contribution in [2.45, 2.75) is 187 Å². The van der Waals surface area contributed by atoms with Crippen LogP contribution < -0.4 is 5.73 Å². The molecule has 0 aliphatic carbocycles. The zero-order valence-corrected chi connectivity index (χ0v) is 32.3. The second-order valence-electron chi connectivity index (χ2n) is 13.2. The Balaban J connectivity index is 4.21. The summed E-state index contributed by atoms with van der Waals surface area (Å²) in [4.78, 5) is 34.7. The monoisotopic (exact) mass is 716 g/mol. The fraction of sp³-hybridized carbons (Fsp3) is 0.846. The van der Waals surface area contributed by atoms with Crippen molar-refractivity contribution in [1.29, 1.82) is 0 Å². The molecule has 0 aromatic heterocycles. The van der Waals surface area contributed by atoms with Crippen LogP contribution in [0.2, 0.25) is 0 Å². The van der Waals surface area contributed by atoms with E-state index in [1.54, 1.807) is 0 Å². The minimum absolute atomic E-state index is 0.0528. The molecule has 0 spiro atoms. The van der Waals surface area contributed by atoms with E-state index in [4.69, 9.17) is 24.3 Å². The number of rotatable bonds is 37. The molecule has 0 bridgehead atoms. The molecule has 0 aliphatic heterocycles. The quantitative estimate of drug-likeness (QED) is 0.0279. The Morgan fingerprint density at radius 2 is 1.06 bits per heavy atom. The van der Waals surface area contributed by atoms with Crippen molar-refractivity contribution < 1.29 is 37.6 Å². The molecule has 0 aromatic rings. The summed E-state index contributed by atoms with van der Waals surface area (Å²) in [6, 6.07) is 0. The Hall–Kier alpha value is -1.51. The maximum Gasteiger partial charge on any atom is 0.472 e. The Bertz CT molecular complexity index is 866. The van der Waals surface area contributed by atoms with Crippen LogP contribution in [0.5, 0.6) is 0 Å². The van der Waals surface area contributed by atoms with Gasteiger partial charge in [-0.2, -0.15) is 0 Å². The van der Waals surface area contributed by atoms with E-state index >= 15 is 0 Å². The van der Waals surface area contributed by atoms with E-state index in [0.717, 1.165) is 57.8 Å². The highest BCUT2D eigenvalue weighted by Gasteiger charge is 2.25. The number of unbranched alkanes of at least 4 members (excludes halogenated alkanes) is 20. The minimum Gasteiger partial charge on any atom is -0.462 e. The Labute approximate surface area is 300 Å². The minimum atomic E-state index is -4.37. The van der Waals surface area contributed by atoms with Crippen LogP contribution in [0.15, 0.2) is 24.3 Å². The lowest BCUT2D eigenvalue weighted by molar-refractivity contribution is -0.161. The fourth-order valence-corrected chi connectivity index (χ4v) is 6.13. The van der Waals surface area contributed by atoms with Crippen molar-refractivity contribution in [3.63, 3.8) is 0 Å². The van der Waals surface area contributed by atoms with Crippen molar-refractivity contribution in [3.8, 4) is 0 Å². The maximum absolute atomic E-state index is 12.5. The number of phosphoric acid groups is 1. The molecule has 0 aliphatic rings. The Morgan fingerprint density at radius 1 is 0.612 bits per heavy atom. The van der Waals surface area contributed by atoms with Crippen molar-refractivity contribution in [2.24, 2.45) is 5.73 Å². The Kier molecular flexibility index (Phi) is 35.2. The van der Waals surface area contributed by atoms with Crippen LogP contribution in [0.1, 0.15) is 181 Å². The largest absolute Gasteiger partial charge is 0.472 e. The summed E-state index contributed by atoms with van der Waals surface area (Å²) >= 11 is 0. The lowest BCUT2D eigenvalue weighted by atomic mass is 10.0. The number of carbonyl (C=O) groups is 2. The molecule has 288 valence electrons. The number of allylic oxidation sites excluding steroid dienone is 4. The van der Waals surface area contributed by atoms with Crippen LogP contribution >= 0.6 is 7.82 Å². The fourth-order valence-electron chi connectivity index (χ4n) is 5.37. The standard InChI is InChI=1S/C39H74NO8P/c1-3-5-7-9-11-13-15-17-18-20-21-23-25-27-29-31-38(41)45-35-37(36-47-49(43,44)46-34-33-40)48-39(42)32-30-28-26-24-22-19-16-14-12-10-8-6-4-2/h11,13,17-18,37H,3-10,12,14-16,19-36,40H2,1-2H3,(H,43,44)/t37-/m1/s1. The van der Waals surface area contributed by atoms with E-state index < -0.39 is 32.5 Å². The number of ether oxygens (including phenoxy) is 2. The van der Waals surface area contributed by atoms with Crippen molar-refractivity contribution in [3.05, 3.63) is 24.3 Å². The molecule has 0 saturated heterocycles. The molecule has 10 heteroatoms. The van der Waals surface area contributed by atoms with E-state index in [0.29, 0.717) is 6.42 Å². The van der Waals surface area contributed by atoms with Gasteiger partial charge in [-0.15, -0.1) is 0 Å². The summed E-state index contributed by atoms with van der Waals surface area (Å²) in [5, 5.41) is 0. The van der Waals surface area contributed by atoms with Crippen molar-refractivity contribution in [2.75, 3.05) is 26.4 Å². The third kappa shape index (κ3) is 36.1. The van der Waals surface area contributed by atoms with Crippen LogP contribution in [0, 0.1) is 0 Å². The maximum atomic E-state index is 12.5. The summed E-state index contributed by atoms with van der Waals surface area (Å²) in [6.07, 6.45) is 36.3. The number of hydrogen-bond acceptors (Lipinski definition) is 8. The molecule has 0 rings (SSSR count). The van der Waals surface area contributed by atoms with E-state index in [2.05, 4.69) is 38.2 Å². The summed E-state index contributed by atoms with van der Waals surface area (Å²) in [6.45, 7) is 3.69. The SMILES string of the molecule is CCCCCC=CCC=CCCCCCCCC(=O)OC[C@H](COP(=O)(O)OCCN)OC(=O)CCCCCCCCCCCCCCC. The first kappa shape index (κ1) is 47.5. The summed E-state index contributed by atoms with van der Waals surface area (Å²) in [5.74, 6) is -0.841. The molecular weight excluding hydrogens is 641 g/mol. The van der Waals surface area contributed by atoms with E-state index in [1.807, 2.05) is 0 Å². The number of phosphoric ester groups is 1. The molecule has 3 N–H and O–H groups in total. The first-order valence-electron chi connectivity index (χ1n) is 19.8. The number of hydrogen-bond donors (Lipinski definition) is 2. The molecule has 0 radical (unpaired) electrons. The zero-order chi connectivity index (χ0) is 36.1. The van der Waals surface area contributed by atoms with Gasteiger partial charge in [-0.05, 0) is 44.9 Å². The lowest BCUT2D eigenvalue weighted by Crippen LogP contribution is -2.29. The highest BCUT2D eigenvalue weighted by Crippen LogP contribution is 2.43. The van der Waals surface area contributed by atoms with Crippen LogP contribution in [-0.4, -0.2) is 49.3 Å². The van der Waals surface area contributed by atoms with Gasteiger partial charge in [0.1, 0.15) is 6.61 Å². The third-order valence-electron chi connectivity index (χ3n) is 8.34. The van der Waals surface area contributed by atoms with Crippen LogP contribution in [0.25, 0.3) is 0 Å². The highest BCUT2D eigenvalue weighted by atomic mass is 31.2. The predicted molar refractivity (Wildman–Crippen MR) is 201 cm³/mol. The molecule has 0 fully saturated rings. The number of nitrogens with two attached hydrogens (primary N) is 1. The molecule has 0 saturated carbocycles. The van der Waals surface area contributed by atoms with Crippen LogP contribution in [0.4, 0.5) is 0 Å². The van der Waals surface area contributed by atoms with Crippen LogP contribution in [-0.2, 0) is 32.7 Å². The summed E-state index contributed by atoms with van der Waals surface area (Å²) in [7, 11) is -4.37. The van der Waals surface area contributed by atoms with Crippen LogP contribution in [0.3, 0.4) is 0 Å². The average molecular weight is 716 g/mol. The highest BCUT2D eigenvalue weighted by molar-refractivity contribution is 7.47. The average Bonchev–Trinajstić information content (AvgIpc) is 3.08. The number of carbonyl (C=O) groups excluding carboxylic acids is 2. The molecule has 2 atom stereocenters. The molecule has 1 unspecified atom stereocenters.